The lowest BCUT2D eigenvalue weighted by molar-refractivity contribution is 0.494. The Kier molecular flexibility index (Phi) is 4.66. The molecule has 124 valence electrons. The molecular weight excluding hydrogens is 350 g/mol. The molecule has 3 rings (SSSR count). The Bertz CT molecular complexity index is 970. The van der Waals surface area contributed by atoms with Crippen molar-refractivity contribution in [3.63, 3.8) is 0 Å². The van der Waals surface area contributed by atoms with E-state index in [0.717, 1.165) is 0 Å². The fourth-order valence-corrected chi connectivity index (χ4v) is 3.60. The van der Waals surface area contributed by atoms with Crippen molar-refractivity contribution in [3.05, 3.63) is 65.0 Å². The highest BCUT2D eigenvalue weighted by molar-refractivity contribution is 7.89. The Morgan fingerprint density at radius 2 is 1.79 bits per heavy atom. The topological polar surface area (TPSA) is 85.1 Å². The van der Waals surface area contributed by atoms with Crippen LogP contribution in [0.4, 0.5) is 0 Å². The van der Waals surface area contributed by atoms with Gasteiger partial charge in [-0.2, -0.15) is 0 Å². The first kappa shape index (κ1) is 16.6. The minimum absolute atomic E-state index is 0.103. The van der Waals surface area contributed by atoms with Gasteiger partial charge in [0.2, 0.25) is 21.8 Å². The Labute approximate surface area is 144 Å². The predicted molar refractivity (Wildman–Crippen MR) is 89.9 cm³/mol. The molecule has 6 nitrogen and oxygen atoms in total. The lowest BCUT2D eigenvalue weighted by Crippen LogP contribution is -2.24. The van der Waals surface area contributed by atoms with Crippen LogP contribution in [-0.4, -0.2) is 18.6 Å². The first-order valence-electron chi connectivity index (χ1n) is 7.10. The number of sulfonamides is 1. The van der Waals surface area contributed by atoms with Gasteiger partial charge in [0, 0.05) is 0 Å². The van der Waals surface area contributed by atoms with E-state index in [4.69, 9.17) is 16.0 Å². The molecular formula is C16H14ClN3O3S. The van der Waals surface area contributed by atoms with Crippen LogP contribution < -0.4 is 4.72 Å². The molecule has 0 saturated heterocycles. The second-order valence-electron chi connectivity index (χ2n) is 5.07. The van der Waals surface area contributed by atoms with Gasteiger partial charge in [0.25, 0.3) is 0 Å². The highest BCUT2D eigenvalue weighted by Crippen LogP contribution is 2.26. The fraction of sp³-hybridized carbons (Fsp3) is 0.125. The summed E-state index contributed by atoms with van der Waals surface area (Å²) >= 11 is 6.08. The van der Waals surface area contributed by atoms with E-state index in [1.54, 1.807) is 55.5 Å². The van der Waals surface area contributed by atoms with E-state index in [1.807, 2.05) is 0 Å². The zero-order valence-corrected chi connectivity index (χ0v) is 14.3. The number of hydrogen-bond acceptors (Lipinski definition) is 5. The maximum absolute atomic E-state index is 12.3. The molecule has 0 saturated carbocycles. The Hall–Kier alpha value is -2.22. The molecule has 0 amide bonds. The molecule has 0 radical (unpaired) electrons. The molecule has 0 aliphatic rings. The van der Waals surface area contributed by atoms with Gasteiger partial charge in [0.15, 0.2) is 0 Å². The lowest BCUT2D eigenvalue weighted by Gasteiger charge is -2.07. The molecule has 2 aromatic carbocycles. The molecule has 8 heteroatoms. The number of aromatic nitrogens is 2. The van der Waals surface area contributed by atoms with Crippen molar-refractivity contribution in [1.82, 2.24) is 14.9 Å². The predicted octanol–water partition coefficient (Wildman–Crippen LogP) is 3.18. The van der Waals surface area contributed by atoms with E-state index in [2.05, 4.69) is 14.9 Å². The third kappa shape index (κ3) is 3.48. The highest BCUT2D eigenvalue weighted by atomic mass is 35.5. The van der Waals surface area contributed by atoms with E-state index in [1.165, 1.54) is 0 Å². The van der Waals surface area contributed by atoms with E-state index >= 15 is 0 Å². The summed E-state index contributed by atoms with van der Waals surface area (Å²) in [6, 6.07) is 13.8. The van der Waals surface area contributed by atoms with Gasteiger partial charge in [-0.25, -0.2) is 13.1 Å². The Balaban J connectivity index is 1.77. The molecule has 0 aliphatic heterocycles. The normalized spacial score (nSPS) is 11.6. The Morgan fingerprint density at radius 3 is 2.54 bits per heavy atom. The first-order valence-corrected chi connectivity index (χ1v) is 8.96. The summed E-state index contributed by atoms with van der Waals surface area (Å²) in [7, 11) is -3.66. The smallest absolute Gasteiger partial charge is 0.249 e. The van der Waals surface area contributed by atoms with Crippen LogP contribution in [-0.2, 0) is 16.6 Å². The van der Waals surface area contributed by atoms with E-state index in [0.29, 0.717) is 16.1 Å². The van der Waals surface area contributed by atoms with Gasteiger partial charge in [-0.1, -0.05) is 41.9 Å². The molecule has 24 heavy (non-hydrogen) atoms. The second kappa shape index (κ2) is 6.72. The van der Waals surface area contributed by atoms with Gasteiger partial charge < -0.3 is 4.42 Å². The van der Waals surface area contributed by atoms with Crippen molar-refractivity contribution < 1.29 is 12.8 Å². The zero-order valence-electron chi connectivity index (χ0n) is 12.7. The molecule has 0 aliphatic carbocycles. The van der Waals surface area contributed by atoms with Crippen LogP contribution in [0.15, 0.2) is 57.8 Å². The average Bonchev–Trinajstić information content (AvgIpc) is 3.02. The van der Waals surface area contributed by atoms with Crippen LogP contribution in [0.25, 0.3) is 11.5 Å². The van der Waals surface area contributed by atoms with Crippen molar-refractivity contribution in [2.45, 2.75) is 18.4 Å². The molecule has 0 fully saturated rings. The Morgan fingerprint density at radius 1 is 1.08 bits per heavy atom. The van der Waals surface area contributed by atoms with E-state index in [-0.39, 0.29) is 23.2 Å². The number of halogens is 1. The van der Waals surface area contributed by atoms with Gasteiger partial charge >= 0.3 is 0 Å². The molecule has 1 N–H and O–H groups in total. The van der Waals surface area contributed by atoms with Crippen molar-refractivity contribution in [2.75, 3.05) is 0 Å². The molecule has 0 spiro atoms. The molecule has 3 aromatic rings. The maximum Gasteiger partial charge on any atom is 0.249 e. The van der Waals surface area contributed by atoms with E-state index < -0.39 is 10.0 Å². The van der Waals surface area contributed by atoms with Gasteiger partial charge in [0.1, 0.15) is 0 Å². The fourth-order valence-electron chi connectivity index (χ4n) is 2.16. The quantitative estimate of drug-likeness (QED) is 0.752. The summed E-state index contributed by atoms with van der Waals surface area (Å²) in [5, 5.41) is 8.23. The molecule has 0 atom stereocenters. The minimum Gasteiger partial charge on any atom is -0.419 e. The standard InChI is InChI=1S/C16H14ClN3O3S/c1-11-6-2-5-9-14(11)24(21,22)18-10-15-19-20-16(23-15)12-7-3-4-8-13(12)17/h2-9,18H,10H2,1H3. The SMILES string of the molecule is Cc1ccccc1S(=O)(=O)NCc1nnc(-c2ccccc2Cl)o1. The molecule has 1 heterocycles. The van der Waals surface area contributed by atoms with Crippen molar-refractivity contribution in [1.29, 1.82) is 0 Å². The molecule has 1 aromatic heterocycles. The zero-order chi connectivity index (χ0) is 17.2. The molecule has 0 bridgehead atoms. The number of rotatable bonds is 5. The number of nitrogens with zero attached hydrogens (tertiary/aromatic N) is 2. The number of hydrogen-bond donors (Lipinski definition) is 1. The monoisotopic (exact) mass is 363 g/mol. The van der Waals surface area contributed by atoms with E-state index in [9.17, 15) is 8.42 Å². The van der Waals surface area contributed by atoms with Crippen LogP contribution in [0.2, 0.25) is 5.02 Å². The average molecular weight is 364 g/mol. The maximum atomic E-state index is 12.3. The summed E-state index contributed by atoms with van der Waals surface area (Å²) in [4.78, 5) is 0.218. The van der Waals surface area contributed by atoms with Crippen LogP contribution in [0.3, 0.4) is 0 Å². The summed E-state index contributed by atoms with van der Waals surface area (Å²) < 4.78 is 32.6. The number of aryl methyl sites for hydroxylation is 1. The molecule has 0 unspecified atom stereocenters. The summed E-state index contributed by atoms with van der Waals surface area (Å²) in [6.45, 7) is 1.63. The van der Waals surface area contributed by atoms with Gasteiger partial charge in [0.05, 0.1) is 22.0 Å². The summed E-state index contributed by atoms with van der Waals surface area (Å²) in [5.74, 6) is 0.396. The number of benzene rings is 2. The van der Waals surface area contributed by atoms with Crippen molar-refractivity contribution in [2.24, 2.45) is 0 Å². The minimum atomic E-state index is -3.66. The summed E-state index contributed by atoms with van der Waals surface area (Å²) in [6.07, 6.45) is 0. The van der Waals surface area contributed by atoms with Crippen LogP contribution in [0.1, 0.15) is 11.5 Å². The second-order valence-corrected chi connectivity index (χ2v) is 7.21. The summed E-state index contributed by atoms with van der Waals surface area (Å²) in [5.41, 5.74) is 1.26. The third-order valence-corrected chi connectivity index (χ3v) is 5.26. The van der Waals surface area contributed by atoms with Crippen molar-refractivity contribution >= 4 is 21.6 Å². The van der Waals surface area contributed by atoms with Crippen LogP contribution in [0, 0.1) is 6.92 Å². The van der Waals surface area contributed by atoms with Gasteiger partial charge in [-0.3, -0.25) is 0 Å². The lowest BCUT2D eigenvalue weighted by atomic mass is 10.2. The third-order valence-electron chi connectivity index (χ3n) is 3.37. The first-order chi connectivity index (χ1) is 11.5. The van der Waals surface area contributed by atoms with Crippen LogP contribution >= 0.6 is 11.6 Å². The van der Waals surface area contributed by atoms with Crippen LogP contribution in [0.5, 0.6) is 0 Å². The van der Waals surface area contributed by atoms with Gasteiger partial charge in [-0.15, -0.1) is 10.2 Å². The largest absolute Gasteiger partial charge is 0.419 e. The highest BCUT2D eigenvalue weighted by Gasteiger charge is 2.18. The number of nitrogens with one attached hydrogen (secondary N) is 1. The van der Waals surface area contributed by atoms with Gasteiger partial charge in [-0.05, 0) is 30.7 Å². The van der Waals surface area contributed by atoms with Crippen molar-refractivity contribution in [3.8, 4) is 11.5 Å².